The molecule has 0 atom stereocenters. The summed E-state index contributed by atoms with van der Waals surface area (Å²) in [7, 11) is 0. The lowest BCUT2D eigenvalue weighted by atomic mass is 9.71. The van der Waals surface area contributed by atoms with E-state index in [4.69, 9.17) is 0 Å². The Morgan fingerprint density at radius 2 is 0.530 bits per heavy atom. The summed E-state index contributed by atoms with van der Waals surface area (Å²) in [6.07, 6.45) is 0.901. The lowest BCUT2D eigenvalue weighted by molar-refractivity contribution is 0.869. The molecule has 1 aliphatic carbocycles. The van der Waals surface area contributed by atoms with Gasteiger partial charge in [-0.15, -0.1) is 0 Å². The van der Waals surface area contributed by atoms with Crippen LogP contribution in [0.4, 0.5) is 34.1 Å². The number of hydrogen-bond donors (Lipinski definition) is 0. The van der Waals surface area contributed by atoms with Gasteiger partial charge in [0.05, 0.1) is 22.7 Å². The van der Waals surface area contributed by atoms with Crippen molar-refractivity contribution in [2.24, 2.45) is 0 Å². The minimum Gasteiger partial charge on any atom is -0.310 e. The van der Waals surface area contributed by atoms with E-state index < -0.39 is 0 Å². The first kappa shape index (κ1) is 48.4. The van der Waals surface area contributed by atoms with Crippen molar-refractivity contribution in [3.05, 3.63) is 360 Å². The summed E-state index contributed by atoms with van der Waals surface area (Å²) in [4.78, 5) is 5.25. The van der Waals surface area contributed by atoms with Gasteiger partial charge in [0, 0.05) is 28.8 Å². The van der Waals surface area contributed by atoms with Crippen molar-refractivity contribution in [3.8, 4) is 66.8 Å². The maximum Gasteiger partial charge on any atom is 0.0527 e. The van der Waals surface area contributed by atoms with Gasteiger partial charge in [-0.25, -0.2) is 0 Å². The topological polar surface area (TPSA) is 6.48 Å². The molecule has 0 saturated heterocycles. The zero-order valence-corrected chi connectivity index (χ0v) is 45.8. The second-order valence-corrected chi connectivity index (χ2v) is 22.4. The Balaban J connectivity index is 1.06. The average Bonchev–Trinajstić information content (AvgIpc) is 1.45. The standard InChI is InChI=1S/C81H56N2/c1-7-23-54(24-8-1)60-39-41-75-73(50-60)80-74-51-61(55-25-9-2-10-26-55)40-42-76(74)83(70-48-66(58-31-15-5-16-32-58)45-67(49-70)59-33-17-6-18-34-59)78-53-68(79-71-37-21-19-35-62(71)43-63-36-20-22-38-72(63)79)52-77(81(78)80)82(75)69-46-64(56-27-11-3-12-28-56)44-65(47-69)57-29-13-4-14-30-57/h1-42,44-53,79-80H,43H2. The van der Waals surface area contributed by atoms with Crippen LogP contribution in [0.2, 0.25) is 0 Å². The number of hydrogen-bond acceptors (Lipinski definition) is 2. The van der Waals surface area contributed by atoms with Crippen LogP contribution in [0, 0.1) is 0 Å². The Labute approximate surface area is 486 Å². The SMILES string of the molecule is c1ccc(-c2cc(-c3ccccc3)cc(N3c4ccc(-c5ccccc5)cc4C4c5cc(-c6ccccc6)ccc5N(c5cc(-c6ccccc6)cc(-c6ccccc6)c5)c5cc(C6c7ccccc7Cc7ccccc76)cc3c54)c2)cc1. The zero-order chi connectivity index (χ0) is 54.8. The first-order valence-electron chi connectivity index (χ1n) is 29.0. The molecule has 0 bridgehead atoms. The van der Waals surface area contributed by atoms with Crippen LogP contribution in [0.3, 0.4) is 0 Å². The summed E-state index contributed by atoms with van der Waals surface area (Å²) in [5, 5.41) is 0. The molecule has 2 heterocycles. The highest BCUT2D eigenvalue weighted by Gasteiger charge is 2.43. The zero-order valence-electron chi connectivity index (χ0n) is 45.8. The number of fused-ring (bicyclic) bond motifs is 6. The van der Waals surface area contributed by atoms with Gasteiger partial charge < -0.3 is 9.80 Å². The second kappa shape index (κ2) is 20.2. The molecular formula is C81H56N2. The summed E-state index contributed by atoms with van der Waals surface area (Å²) < 4.78 is 0. The molecule has 2 aliphatic heterocycles. The molecule has 0 saturated carbocycles. The molecule has 390 valence electrons. The first-order valence-corrected chi connectivity index (χ1v) is 29.0. The van der Waals surface area contributed by atoms with Crippen LogP contribution >= 0.6 is 0 Å². The Hall–Kier alpha value is -10.5. The largest absolute Gasteiger partial charge is 0.310 e. The van der Waals surface area contributed by atoms with Crippen molar-refractivity contribution in [3.63, 3.8) is 0 Å². The van der Waals surface area contributed by atoms with Crippen molar-refractivity contribution in [2.45, 2.75) is 18.3 Å². The molecule has 0 amide bonds. The van der Waals surface area contributed by atoms with Gasteiger partial charge in [-0.3, -0.25) is 0 Å². The highest BCUT2D eigenvalue weighted by atomic mass is 15.2. The maximum absolute atomic E-state index is 2.63. The molecule has 0 spiro atoms. The molecular weight excluding hydrogens is 1000 g/mol. The summed E-state index contributed by atoms with van der Waals surface area (Å²) in [5.74, 6) is -0.184. The highest BCUT2D eigenvalue weighted by molar-refractivity contribution is 6.00. The molecule has 3 aliphatic rings. The van der Waals surface area contributed by atoms with E-state index in [0.29, 0.717) is 0 Å². The molecule has 13 aromatic rings. The number of rotatable bonds is 9. The number of benzene rings is 13. The summed E-state index contributed by atoms with van der Waals surface area (Å²) >= 11 is 0. The summed E-state index contributed by atoms with van der Waals surface area (Å²) in [5.41, 5.74) is 31.5. The quantitative estimate of drug-likeness (QED) is 0.142. The van der Waals surface area contributed by atoms with Crippen molar-refractivity contribution < 1.29 is 0 Å². The normalized spacial score (nSPS) is 13.1. The van der Waals surface area contributed by atoms with Crippen LogP contribution in [0.15, 0.2) is 315 Å². The van der Waals surface area contributed by atoms with Gasteiger partial charge in [0.2, 0.25) is 0 Å². The van der Waals surface area contributed by atoms with Crippen LogP contribution in [0.5, 0.6) is 0 Å². The third kappa shape index (κ3) is 8.49. The van der Waals surface area contributed by atoms with Crippen LogP contribution in [-0.4, -0.2) is 0 Å². The van der Waals surface area contributed by atoms with E-state index >= 15 is 0 Å². The van der Waals surface area contributed by atoms with Crippen molar-refractivity contribution in [1.82, 2.24) is 0 Å². The molecule has 16 rings (SSSR count). The fraction of sp³-hybridized carbons (Fsp3) is 0.0370. The van der Waals surface area contributed by atoms with Crippen molar-refractivity contribution in [2.75, 3.05) is 9.80 Å². The second-order valence-electron chi connectivity index (χ2n) is 22.4. The Bertz CT molecular complexity index is 4170. The molecule has 0 fully saturated rings. The van der Waals surface area contributed by atoms with E-state index in [1.165, 1.54) is 112 Å². The average molecular weight is 1060 g/mol. The van der Waals surface area contributed by atoms with Gasteiger partial charge in [0.15, 0.2) is 0 Å². The van der Waals surface area contributed by atoms with Crippen LogP contribution < -0.4 is 9.80 Å². The van der Waals surface area contributed by atoms with Gasteiger partial charge in [0.1, 0.15) is 0 Å². The maximum atomic E-state index is 2.63. The number of nitrogens with zero attached hydrogens (tertiary/aromatic N) is 2. The van der Waals surface area contributed by atoms with E-state index in [9.17, 15) is 0 Å². The lowest BCUT2D eigenvalue weighted by Gasteiger charge is -2.46. The minimum atomic E-state index is -0.151. The molecule has 0 N–H and O–H groups in total. The van der Waals surface area contributed by atoms with Crippen molar-refractivity contribution in [1.29, 1.82) is 0 Å². The lowest BCUT2D eigenvalue weighted by Crippen LogP contribution is -2.30. The van der Waals surface area contributed by atoms with Gasteiger partial charge >= 0.3 is 0 Å². The van der Waals surface area contributed by atoms with Gasteiger partial charge in [-0.2, -0.15) is 0 Å². The fourth-order valence-corrected chi connectivity index (χ4v) is 13.7. The minimum absolute atomic E-state index is 0.0328. The predicted octanol–water partition coefficient (Wildman–Crippen LogP) is 21.5. The Morgan fingerprint density at radius 1 is 0.217 bits per heavy atom. The predicted molar refractivity (Wildman–Crippen MR) is 346 cm³/mol. The van der Waals surface area contributed by atoms with Gasteiger partial charge in [-0.1, -0.05) is 243 Å². The van der Waals surface area contributed by atoms with Crippen molar-refractivity contribution >= 4 is 34.1 Å². The van der Waals surface area contributed by atoms with Crippen LogP contribution in [-0.2, 0) is 6.42 Å². The van der Waals surface area contributed by atoms with E-state index in [-0.39, 0.29) is 11.8 Å². The molecule has 2 heteroatoms. The molecule has 13 aromatic carbocycles. The summed E-state index contributed by atoms with van der Waals surface area (Å²) in [6, 6.07) is 118. The third-order valence-corrected chi connectivity index (χ3v) is 17.5. The molecule has 0 aromatic heterocycles. The van der Waals surface area contributed by atoms with E-state index in [1.54, 1.807) is 0 Å². The van der Waals surface area contributed by atoms with E-state index in [1.807, 2.05) is 0 Å². The van der Waals surface area contributed by atoms with E-state index in [0.717, 1.165) is 40.0 Å². The van der Waals surface area contributed by atoms with Gasteiger partial charge in [0.25, 0.3) is 0 Å². The number of anilines is 6. The Kier molecular flexibility index (Phi) is 11.8. The van der Waals surface area contributed by atoms with Crippen LogP contribution in [0.1, 0.15) is 56.3 Å². The molecule has 2 nitrogen and oxygen atoms in total. The van der Waals surface area contributed by atoms with E-state index in [2.05, 4.69) is 325 Å². The Morgan fingerprint density at radius 3 is 0.880 bits per heavy atom. The fourth-order valence-electron chi connectivity index (χ4n) is 13.7. The highest BCUT2D eigenvalue weighted by Crippen LogP contribution is 2.63. The van der Waals surface area contributed by atoms with Crippen LogP contribution in [0.25, 0.3) is 66.8 Å². The summed E-state index contributed by atoms with van der Waals surface area (Å²) in [6.45, 7) is 0. The third-order valence-electron chi connectivity index (χ3n) is 17.5. The van der Waals surface area contributed by atoms with Gasteiger partial charge in [-0.05, 0) is 185 Å². The first-order chi connectivity index (χ1) is 41.1. The monoisotopic (exact) mass is 1060 g/mol. The molecule has 0 radical (unpaired) electrons. The molecule has 0 unspecified atom stereocenters. The molecule has 83 heavy (non-hydrogen) atoms. The smallest absolute Gasteiger partial charge is 0.0527 e.